The van der Waals surface area contributed by atoms with E-state index in [9.17, 15) is 49.1 Å². The first-order valence-electron chi connectivity index (χ1n) is 11.7. The van der Waals surface area contributed by atoms with Crippen LogP contribution in [0, 0.1) is 0 Å². The largest absolute Gasteiger partial charge is 0.453 e. The van der Waals surface area contributed by atoms with Crippen LogP contribution in [0.5, 0.6) is 0 Å². The number of rotatable bonds is 5. The summed E-state index contributed by atoms with van der Waals surface area (Å²) in [6, 6.07) is 2.52. The maximum Gasteiger partial charge on any atom is 0.416 e. The fourth-order valence-electron chi connectivity index (χ4n) is 4.51. The van der Waals surface area contributed by atoms with E-state index in [1.807, 2.05) is 0 Å². The number of hydrogen-bond donors (Lipinski definition) is 0. The van der Waals surface area contributed by atoms with Gasteiger partial charge in [0.2, 0.25) is 0 Å². The summed E-state index contributed by atoms with van der Waals surface area (Å²) in [6.07, 6.45) is -17.1. The number of nitrogens with zero attached hydrogens (tertiary/aromatic N) is 2. The number of amides is 2. The number of methoxy groups -OCH3 is 1. The van der Waals surface area contributed by atoms with Gasteiger partial charge in [-0.3, -0.25) is 4.90 Å². The summed E-state index contributed by atoms with van der Waals surface area (Å²) in [4.78, 5) is 27.0. The van der Waals surface area contributed by atoms with Crippen LogP contribution in [0.15, 0.2) is 36.4 Å². The van der Waals surface area contributed by atoms with Gasteiger partial charge in [-0.15, -0.1) is 0 Å². The maximum absolute atomic E-state index is 13.4. The van der Waals surface area contributed by atoms with Crippen molar-refractivity contribution < 1.29 is 58.6 Å². The Kier molecular flexibility index (Phi) is 8.56. The molecule has 15 heteroatoms. The maximum atomic E-state index is 13.4. The van der Waals surface area contributed by atoms with E-state index in [4.69, 9.17) is 4.74 Å². The fourth-order valence-corrected chi connectivity index (χ4v) is 4.51. The highest BCUT2D eigenvalue weighted by Gasteiger charge is 2.44. The van der Waals surface area contributed by atoms with Crippen LogP contribution >= 0.6 is 0 Å². The number of carbonyl (C=O) groups is 2. The summed E-state index contributed by atoms with van der Waals surface area (Å²) in [5, 5.41) is 0. The number of benzene rings is 2. The van der Waals surface area contributed by atoms with Crippen LogP contribution in [0.4, 0.5) is 54.8 Å². The van der Waals surface area contributed by atoms with Gasteiger partial charge in [0.05, 0.1) is 36.1 Å². The number of fused-ring (bicyclic) bond motifs is 1. The number of halogens is 9. The van der Waals surface area contributed by atoms with Gasteiger partial charge in [-0.1, -0.05) is 6.07 Å². The molecule has 0 spiro atoms. The number of hydrogen-bond acceptors (Lipinski definition) is 4. The van der Waals surface area contributed by atoms with Gasteiger partial charge in [-0.25, -0.2) is 9.59 Å². The Morgan fingerprint density at radius 2 is 1.43 bits per heavy atom. The molecule has 1 heterocycles. The molecule has 1 aliphatic rings. The highest BCUT2D eigenvalue weighted by atomic mass is 19.4. The van der Waals surface area contributed by atoms with Gasteiger partial charge in [0.15, 0.2) is 0 Å². The SMILES string of the molecule is CCOC(=O)N1c2cc(C(F)(F)F)ccc2C(CN(Cc2cc(C(F)(F)F)cc(C(F)(F)F)c2)C(=O)OC)C1C. The molecule has 0 radical (unpaired) electrons. The molecule has 2 amide bonds. The van der Waals surface area contributed by atoms with Crippen LogP contribution in [-0.4, -0.2) is 43.4 Å². The monoisotopic (exact) mass is 586 g/mol. The Bertz CT molecular complexity index is 1230. The van der Waals surface area contributed by atoms with Crippen LogP contribution in [0.3, 0.4) is 0 Å². The van der Waals surface area contributed by atoms with E-state index >= 15 is 0 Å². The van der Waals surface area contributed by atoms with Gasteiger partial charge < -0.3 is 14.4 Å². The summed E-state index contributed by atoms with van der Waals surface area (Å²) in [5.41, 5.74) is -4.74. The first kappa shape index (κ1) is 30.9. The van der Waals surface area contributed by atoms with Crippen LogP contribution in [0.25, 0.3) is 0 Å². The van der Waals surface area contributed by atoms with Crippen molar-refractivity contribution >= 4 is 17.9 Å². The van der Waals surface area contributed by atoms with Gasteiger partial charge in [0, 0.05) is 25.0 Å². The molecule has 2 unspecified atom stereocenters. The lowest BCUT2D eigenvalue weighted by Crippen LogP contribution is -2.42. The lowest BCUT2D eigenvalue weighted by atomic mass is 9.94. The Labute approximate surface area is 222 Å². The van der Waals surface area contributed by atoms with E-state index in [0.717, 1.165) is 35.1 Å². The Morgan fingerprint density at radius 1 is 0.875 bits per heavy atom. The van der Waals surface area contributed by atoms with Crippen molar-refractivity contribution in [1.82, 2.24) is 4.90 Å². The normalized spacial score (nSPS) is 17.4. The van der Waals surface area contributed by atoms with Gasteiger partial charge in [-0.2, -0.15) is 39.5 Å². The molecule has 2 aromatic carbocycles. The van der Waals surface area contributed by atoms with E-state index in [2.05, 4.69) is 4.74 Å². The molecule has 40 heavy (non-hydrogen) atoms. The molecule has 0 N–H and O–H groups in total. The van der Waals surface area contributed by atoms with E-state index in [1.165, 1.54) is 13.8 Å². The first-order chi connectivity index (χ1) is 18.4. The highest BCUT2D eigenvalue weighted by Crippen LogP contribution is 2.45. The van der Waals surface area contributed by atoms with Gasteiger partial charge in [0.1, 0.15) is 0 Å². The lowest BCUT2D eigenvalue weighted by Gasteiger charge is -2.29. The molecule has 2 atom stereocenters. The molecular weight excluding hydrogens is 563 g/mol. The van der Waals surface area contributed by atoms with Crippen molar-refractivity contribution in [3.63, 3.8) is 0 Å². The minimum Gasteiger partial charge on any atom is -0.453 e. The zero-order chi connectivity index (χ0) is 30.2. The quantitative estimate of drug-likeness (QED) is 0.342. The molecule has 0 aromatic heterocycles. The Morgan fingerprint density at radius 3 is 1.90 bits per heavy atom. The van der Waals surface area contributed by atoms with E-state index in [-0.39, 0.29) is 23.9 Å². The van der Waals surface area contributed by atoms with Crippen molar-refractivity contribution in [2.75, 3.05) is 25.2 Å². The summed E-state index contributed by atoms with van der Waals surface area (Å²) in [5.74, 6) is -0.909. The predicted molar refractivity (Wildman–Crippen MR) is 122 cm³/mol. The molecule has 3 rings (SSSR count). The predicted octanol–water partition coefficient (Wildman–Crippen LogP) is 7.46. The van der Waals surface area contributed by atoms with Gasteiger partial charge in [-0.05, 0) is 55.3 Å². The number of anilines is 1. The summed E-state index contributed by atoms with van der Waals surface area (Å²) in [7, 11) is 0.940. The molecule has 6 nitrogen and oxygen atoms in total. The van der Waals surface area contributed by atoms with Crippen LogP contribution in [0.1, 0.15) is 47.6 Å². The van der Waals surface area contributed by atoms with E-state index in [0.29, 0.717) is 12.1 Å². The molecule has 0 bridgehead atoms. The van der Waals surface area contributed by atoms with Crippen molar-refractivity contribution in [3.8, 4) is 0 Å². The number of carbonyl (C=O) groups excluding carboxylic acids is 2. The van der Waals surface area contributed by atoms with Crippen molar-refractivity contribution in [2.45, 2.75) is 50.9 Å². The smallest absolute Gasteiger partial charge is 0.416 e. The molecule has 0 saturated heterocycles. The second-order valence-corrected chi connectivity index (χ2v) is 8.95. The summed E-state index contributed by atoms with van der Waals surface area (Å²) >= 11 is 0. The van der Waals surface area contributed by atoms with E-state index < -0.39 is 78.0 Å². The molecule has 220 valence electrons. The van der Waals surface area contributed by atoms with Gasteiger partial charge in [0.25, 0.3) is 0 Å². The third kappa shape index (κ3) is 6.55. The zero-order valence-electron chi connectivity index (χ0n) is 21.2. The van der Waals surface area contributed by atoms with Gasteiger partial charge >= 0.3 is 30.7 Å². The van der Waals surface area contributed by atoms with Crippen molar-refractivity contribution in [1.29, 1.82) is 0 Å². The topological polar surface area (TPSA) is 59.1 Å². The van der Waals surface area contributed by atoms with E-state index in [1.54, 1.807) is 0 Å². The highest BCUT2D eigenvalue weighted by molar-refractivity contribution is 5.92. The molecule has 0 fully saturated rings. The lowest BCUT2D eigenvalue weighted by molar-refractivity contribution is -0.143. The minimum absolute atomic E-state index is 0.0588. The molecule has 0 saturated carbocycles. The summed E-state index contributed by atoms with van der Waals surface area (Å²) < 4.78 is 130. The van der Waals surface area contributed by atoms with Crippen molar-refractivity contribution in [3.05, 3.63) is 64.2 Å². The Hall–Kier alpha value is -3.65. The van der Waals surface area contributed by atoms with Crippen LogP contribution in [-0.2, 0) is 34.5 Å². The number of ether oxygens (including phenoxy) is 2. The van der Waals surface area contributed by atoms with Crippen LogP contribution < -0.4 is 4.90 Å². The van der Waals surface area contributed by atoms with Crippen LogP contribution in [0.2, 0.25) is 0 Å². The molecular formula is C25H23F9N2O4. The third-order valence-corrected chi connectivity index (χ3v) is 6.34. The van der Waals surface area contributed by atoms with Crippen molar-refractivity contribution in [2.24, 2.45) is 0 Å². The summed E-state index contributed by atoms with van der Waals surface area (Å²) in [6.45, 7) is 1.63. The zero-order valence-corrected chi connectivity index (χ0v) is 21.2. The second kappa shape index (κ2) is 11.1. The minimum atomic E-state index is -5.12. The molecule has 0 aliphatic carbocycles. The third-order valence-electron chi connectivity index (χ3n) is 6.34. The average Bonchev–Trinajstić information content (AvgIpc) is 3.11. The number of alkyl halides is 9. The Balaban J connectivity index is 2.05. The second-order valence-electron chi connectivity index (χ2n) is 8.95. The fraction of sp³-hybridized carbons (Fsp3) is 0.440. The average molecular weight is 586 g/mol. The standard InChI is InChI=1S/C25H23F9N2O4/c1-4-40-22(38)36-13(2)19(18-6-5-15(10-20(18)36)23(26,27)28)12-35(21(37)39-3)11-14-7-16(24(29,30)31)9-17(8-14)25(32,33)34/h5-10,13,19H,4,11-12H2,1-3H3. The first-order valence-corrected chi connectivity index (χ1v) is 11.7. The molecule has 2 aromatic rings. The molecule has 1 aliphatic heterocycles.